The fourth-order valence-corrected chi connectivity index (χ4v) is 1.85. The molecule has 1 rings (SSSR count). The van der Waals surface area contributed by atoms with E-state index in [0.717, 1.165) is 6.42 Å². The summed E-state index contributed by atoms with van der Waals surface area (Å²) in [6.07, 6.45) is -0.271. The maximum absolute atomic E-state index is 11.9. The predicted octanol–water partition coefficient (Wildman–Crippen LogP) is 0.0380. The molecule has 1 aliphatic heterocycles. The van der Waals surface area contributed by atoms with Gasteiger partial charge in [0.15, 0.2) is 6.10 Å². The van der Waals surface area contributed by atoms with Crippen LogP contribution in [0.5, 0.6) is 0 Å². The van der Waals surface area contributed by atoms with Crippen molar-refractivity contribution in [2.24, 2.45) is 0 Å². The van der Waals surface area contributed by atoms with Gasteiger partial charge in [0, 0.05) is 6.04 Å². The van der Waals surface area contributed by atoms with Gasteiger partial charge in [-0.25, -0.2) is 4.79 Å². The third kappa shape index (κ3) is 4.48. The molecule has 0 saturated carbocycles. The average Bonchev–Trinajstić information content (AvgIpc) is 2.88. The fraction of sp³-hybridized carbons (Fsp3) is 0.769. The van der Waals surface area contributed by atoms with Crippen LogP contribution in [-0.4, -0.2) is 47.2 Å². The molecule has 0 spiro atoms. The second-order valence-corrected chi connectivity index (χ2v) is 5.08. The Kier molecular flexibility index (Phi) is 5.94. The normalized spacial score (nSPS) is 24.8. The summed E-state index contributed by atoms with van der Waals surface area (Å²) < 4.78 is 5.12. The van der Waals surface area contributed by atoms with Crippen LogP contribution >= 0.6 is 0 Å². The zero-order chi connectivity index (χ0) is 15.3. The number of carbonyl (C=O) groups is 3. The molecule has 1 heterocycles. The van der Waals surface area contributed by atoms with E-state index in [2.05, 4.69) is 10.6 Å². The predicted molar refractivity (Wildman–Crippen MR) is 71.0 cm³/mol. The van der Waals surface area contributed by atoms with Gasteiger partial charge >= 0.3 is 5.97 Å². The number of nitrogens with one attached hydrogen (secondary N) is 2. The average molecular weight is 286 g/mol. The molecular formula is C13H22N2O5. The number of rotatable bonds is 6. The monoisotopic (exact) mass is 286 g/mol. The first-order valence-electron chi connectivity index (χ1n) is 6.84. The molecule has 0 aromatic carbocycles. The molecule has 7 nitrogen and oxygen atoms in total. The topological polar surface area (TPSA) is 105 Å². The number of carboxylic acid groups (broad SMARTS) is 1. The van der Waals surface area contributed by atoms with Crippen molar-refractivity contribution in [3.05, 3.63) is 0 Å². The number of hydrogen-bond donors (Lipinski definition) is 3. The Morgan fingerprint density at radius 3 is 2.30 bits per heavy atom. The van der Waals surface area contributed by atoms with E-state index < -0.39 is 30.1 Å². The number of aliphatic carboxylic acids is 1. The van der Waals surface area contributed by atoms with Gasteiger partial charge in [-0.05, 0) is 33.1 Å². The number of ether oxygens (including phenoxy) is 1. The Hall–Kier alpha value is -1.63. The third-order valence-corrected chi connectivity index (χ3v) is 3.34. The first kappa shape index (κ1) is 16.4. The van der Waals surface area contributed by atoms with Crippen LogP contribution in [0.3, 0.4) is 0 Å². The zero-order valence-electron chi connectivity index (χ0n) is 12.0. The smallest absolute Gasteiger partial charge is 0.332 e. The lowest BCUT2D eigenvalue weighted by molar-refractivity contribution is -0.152. The standard InChI is InChI=1S/C13H22N2O5/c1-4-7(2)14-11(16)8(3)15-12(17)9-5-6-10(20-9)13(18)19/h7-10H,4-6H2,1-3H3,(H,14,16)(H,15,17)(H,18,19)/t7?,8?,9-,10+/m0/s1. The van der Waals surface area contributed by atoms with Gasteiger partial charge in [0.25, 0.3) is 0 Å². The Morgan fingerprint density at radius 1 is 1.20 bits per heavy atom. The molecule has 2 amide bonds. The molecule has 1 fully saturated rings. The van der Waals surface area contributed by atoms with Crippen LogP contribution in [0.1, 0.15) is 40.0 Å². The molecule has 2 unspecified atom stereocenters. The first-order chi connectivity index (χ1) is 9.35. The van der Waals surface area contributed by atoms with Crippen LogP contribution in [-0.2, 0) is 19.1 Å². The third-order valence-electron chi connectivity index (χ3n) is 3.34. The fourth-order valence-electron chi connectivity index (χ4n) is 1.85. The Bertz CT molecular complexity index is 385. The molecule has 114 valence electrons. The minimum Gasteiger partial charge on any atom is -0.479 e. The van der Waals surface area contributed by atoms with Gasteiger partial charge < -0.3 is 20.5 Å². The molecule has 1 saturated heterocycles. The Labute approximate surface area is 118 Å². The molecule has 4 atom stereocenters. The SMILES string of the molecule is CCC(C)NC(=O)C(C)NC(=O)[C@@H]1CC[C@H](C(=O)O)O1. The summed E-state index contributed by atoms with van der Waals surface area (Å²) >= 11 is 0. The van der Waals surface area contributed by atoms with Gasteiger partial charge in [0.05, 0.1) is 0 Å². The highest BCUT2D eigenvalue weighted by Crippen LogP contribution is 2.20. The van der Waals surface area contributed by atoms with Gasteiger partial charge in [0.1, 0.15) is 12.1 Å². The van der Waals surface area contributed by atoms with Gasteiger partial charge in [0.2, 0.25) is 11.8 Å². The van der Waals surface area contributed by atoms with E-state index in [4.69, 9.17) is 9.84 Å². The van der Waals surface area contributed by atoms with Crippen molar-refractivity contribution in [3.8, 4) is 0 Å². The largest absolute Gasteiger partial charge is 0.479 e. The van der Waals surface area contributed by atoms with Crippen LogP contribution in [0.4, 0.5) is 0 Å². The summed E-state index contributed by atoms with van der Waals surface area (Å²) in [4.78, 5) is 34.4. The highest BCUT2D eigenvalue weighted by molar-refractivity contribution is 5.89. The minimum atomic E-state index is -1.07. The van der Waals surface area contributed by atoms with Gasteiger partial charge in [-0.3, -0.25) is 9.59 Å². The highest BCUT2D eigenvalue weighted by atomic mass is 16.5. The van der Waals surface area contributed by atoms with Crippen molar-refractivity contribution in [1.29, 1.82) is 0 Å². The molecule has 0 aliphatic carbocycles. The van der Waals surface area contributed by atoms with Crippen molar-refractivity contribution in [2.45, 2.75) is 64.3 Å². The Balaban J connectivity index is 2.42. The molecule has 0 radical (unpaired) electrons. The van der Waals surface area contributed by atoms with Crippen molar-refractivity contribution in [1.82, 2.24) is 10.6 Å². The summed E-state index contributed by atoms with van der Waals surface area (Å²) in [5.41, 5.74) is 0. The van der Waals surface area contributed by atoms with E-state index >= 15 is 0 Å². The lowest BCUT2D eigenvalue weighted by Gasteiger charge is -2.19. The lowest BCUT2D eigenvalue weighted by Crippen LogP contribution is -2.49. The molecular weight excluding hydrogens is 264 g/mol. The summed E-state index contributed by atoms with van der Waals surface area (Å²) in [5.74, 6) is -1.77. The summed E-state index contributed by atoms with van der Waals surface area (Å²) in [6.45, 7) is 5.41. The van der Waals surface area contributed by atoms with Gasteiger partial charge in [-0.2, -0.15) is 0 Å². The van der Waals surface area contributed by atoms with E-state index in [1.807, 2.05) is 13.8 Å². The second kappa shape index (κ2) is 7.23. The van der Waals surface area contributed by atoms with Gasteiger partial charge in [-0.15, -0.1) is 0 Å². The molecule has 0 aromatic rings. The van der Waals surface area contributed by atoms with E-state index in [1.54, 1.807) is 6.92 Å². The van der Waals surface area contributed by atoms with Crippen LogP contribution in [0, 0.1) is 0 Å². The number of amides is 2. The molecule has 0 aromatic heterocycles. The molecule has 0 bridgehead atoms. The van der Waals surface area contributed by atoms with E-state index in [1.165, 1.54) is 0 Å². The van der Waals surface area contributed by atoms with Crippen LogP contribution in [0.2, 0.25) is 0 Å². The molecule has 20 heavy (non-hydrogen) atoms. The van der Waals surface area contributed by atoms with Crippen molar-refractivity contribution >= 4 is 17.8 Å². The quantitative estimate of drug-likeness (QED) is 0.639. The van der Waals surface area contributed by atoms with Crippen molar-refractivity contribution in [2.75, 3.05) is 0 Å². The highest BCUT2D eigenvalue weighted by Gasteiger charge is 2.35. The van der Waals surface area contributed by atoms with Crippen LogP contribution < -0.4 is 10.6 Å². The van der Waals surface area contributed by atoms with Gasteiger partial charge in [-0.1, -0.05) is 6.92 Å². The van der Waals surface area contributed by atoms with Crippen LogP contribution in [0.15, 0.2) is 0 Å². The number of hydrogen-bond acceptors (Lipinski definition) is 4. The summed E-state index contributed by atoms with van der Waals surface area (Å²) in [5, 5.41) is 14.1. The van der Waals surface area contributed by atoms with Crippen LogP contribution in [0.25, 0.3) is 0 Å². The van der Waals surface area contributed by atoms with Crippen molar-refractivity contribution < 1.29 is 24.2 Å². The lowest BCUT2D eigenvalue weighted by atomic mass is 10.1. The molecule has 7 heteroatoms. The Morgan fingerprint density at radius 2 is 1.80 bits per heavy atom. The van der Waals surface area contributed by atoms with E-state index in [9.17, 15) is 14.4 Å². The number of carboxylic acids is 1. The van der Waals surface area contributed by atoms with E-state index in [-0.39, 0.29) is 11.9 Å². The molecule has 3 N–H and O–H groups in total. The van der Waals surface area contributed by atoms with Crippen molar-refractivity contribution in [3.63, 3.8) is 0 Å². The maximum atomic E-state index is 11.9. The second-order valence-electron chi connectivity index (χ2n) is 5.08. The summed E-state index contributed by atoms with van der Waals surface area (Å²) in [6, 6.07) is -0.634. The maximum Gasteiger partial charge on any atom is 0.332 e. The number of carbonyl (C=O) groups excluding carboxylic acids is 2. The summed E-state index contributed by atoms with van der Waals surface area (Å²) in [7, 11) is 0. The first-order valence-corrected chi connectivity index (χ1v) is 6.84. The molecule has 1 aliphatic rings. The minimum absolute atomic E-state index is 0.0426. The zero-order valence-corrected chi connectivity index (χ0v) is 12.0. The van der Waals surface area contributed by atoms with E-state index in [0.29, 0.717) is 12.8 Å².